The number of benzene rings is 1. The van der Waals surface area contributed by atoms with Crippen molar-refractivity contribution in [1.29, 1.82) is 0 Å². The number of nitrogens with zero attached hydrogens (tertiary/aromatic N) is 2. The van der Waals surface area contributed by atoms with E-state index in [-0.39, 0.29) is 5.82 Å². The Morgan fingerprint density at radius 1 is 1.37 bits per heavy atom. The average Bonchev–Trinajstić information content (AvgIpc) is 3.10. The van der Waals surface area contributed by atoms with E-state index in [1.165, 1.54) is 30.2 Å². The summed E-state index contributed by atoms with van der Waals surface area (Å²) in [5.41, 5.74) is 0.777. The molecule has 1 fully saturated rings. The highest BCUT2D eigenvalue weighted by Crippen LogP contribution is 2.27. The maximum absolute atomic E-state index is 13.5. The minimum Gasteiger partial charge on any atom is -0.314 e. The molecule has 1 aromatic heterocycles. The van der Waals surface area contributed by atoms with Crippen LogP contribution in [0.2, 0.25) is 0 Å². The second-order valence-corrected chi connectivity index (χ2v) is 6.52. The Morgan fingerprint density at radius 3 is 2.95 bits per heavy atom. The molecule has 3 rings (SSSR count). The fraction of sp³-hybridized carbons (Fsp3) is 0.385. The van der Waals surface area contributed by atoms with Gasteiger partial charge in [0.1, 0.15) is 15.8 Å². The number of hydrogen-bond acceptors (Lipinski definition) is 4. The molecule has 1 aromatic carbocycles. The van der Waals surface area contributed by atoms with Crippen molar-refractivity contribution in [1.82, 2.24) is 15.5 Å². The summed E-state index contributed by atoms with van der Waals surface area (Å²) in [4.78, 5) is 0. The first-order valence-corrected chi connectivity index (χ1v) is 7.84. The summed E-state index contributed by atoms with van der Waals surface area (Å²) in [5, 5.41) is 13.5. The molecule has 0 spiro atoms. The van der Waals surface area contributed by atoms with Gasteiger partial charge in [0.15, 0.2) is 0 Å². The quantitative estimate of drug-likeness (QED) is 0.905. The predicted molar refractivity (Wildman–Crippen MR) is 77.7 cm³/mol. The smallest absolute Gasteiger partial charge is 0.147 e. The van der Waals surface area contributed by atoms with E-state index in [1.54, 1.807) is 6.07 Å². The Hall–Kier alpha value is -0.850. The highest BCUT2D eigenvalue weighted by molar-refractivity contribution is 9.10. The maximum atomic E-state index is 13.5. The first kappa shape index (κ1) is 13.1. The fourth-order valence-electron chi connectivity index (χ4n) is 1.77. The Bertz CT molecular complexity index is 583. The SMILES string of the molecule is Fc1cc(-c2nnc(CCNC3CC3)s2)ccc1Br. The number of halogens is 2. The molecule has 2 aromatic rings. The van der Waals surface area contributed by atoms with Crippen LogP contribution in [0, 0.1) is 5.82 Å². The molecular formula is C13H13BrFN3S. The van der Waals surface area contributed by atoms with Crippen molar-refractivity contribution in [3.8, 4) is 10.6 Å². The van der Waals surface area contributed by atoms with Gasteiger partial charge in [-0.2, -0.15) is 0 Å². The van der Waals surface area contributed by atoms with Gasteiger partial charge in [0.25, 0.3) is 0 Å². The van der Waals surface area contributed by atoms with E-state index in [0.29, 0.717) is 10.5 Å². The van der Waals surface area contributed by atoms with E-state index in [9.17, 15) is 4.39 Å². The molecule has 0 atom stereocenters. The predicted octanol–water partition coefficient (Wildman–Crippen LogP) is 3.40. The highest BCUT2D eigenvalue weighted by atomic mass is 79.9. The molecule has 1 aliphatic rings. The number of nitrogens with one attached hydrogen (secondary N) is 1. The van der Waals surface area contributed by atoms with Crippen molar-refractivity contribution in [2.24, 2.45) is 0 Å². The molecule has 0 saturated heterocycles. The molecule has 0 amide bonds. The summed E-state index contributed by atoms with van der Waals surface area (Å²) in [6, 6.07) is 5.74. The molecule has 100 valence electrons. The minimum absolute atomic E-state index is 0.273. The molecule has 1 saturated carbocycles. The molecule has 0 aliphatic heterocycles. The number of aromatic nitrogens is 2. The zero-order valence-electron chi connectivity index (χ0n) is 10.2. The third kappa shape index (κ3) is 3.38. The van der Waals surface area contributed by atoms with E-state index in [2.05, 4.69) is 31.4 Å². The standard InChI is InChI=1S/C13H13BrFN3S/c14-10-4-1-8(7-11(10)15)13-18-17-12(19-13)5-6-16-9-2-3-9/h1,4,7,9,16H,2-3,5-6H2. The minimum atomic E-state index is -0.273. The van der Waals surface area contributed by atoms with Crippen molar-refractivity contribution < 1.29 is 4.39 Å². The Balaban J connectivity index is 1.67. The van der Waals surface area contributed by atoms with E-state index < -0.39 is 0 Å². The maximum Gasteiger partial charge on any atom is 0.147 e. The van der Waals surface area contributed by atoms with Crippen molar-refractivity contribution >= 4 is 27.3 Å². The lowest BCUT2D eigenvalue weighted by Crippen LogP contribution is -2.19. The van der Waals surface area contributed by atoms with Crippen molar-refractivity contribution in [3.05, 3.63) is 33.5 Å². The molecule has 19 heavy (non-hydrogen) atoms. The lowest BCUT2D eigenvalue weighted by molar-refractivity contribution is 0.621. The number of hydrogen-bond donors (Lipinski definition) is 1. The van der Waals surface area contributed by atoms with E-state index >= 15 is 0 Å². The van der Waals surface area contributed by atoms with E-state index in [4.69, 9.17) is 0 Å². The monoisotopic (exact) mass is 341 g/mol. The van der Waals surface area contributed by atoms with Gasteiger partial charge in [0, 0.05) is 24.6 Å². The highest BCUT2D eigenvalue weighted by Gasteiger charge is 2.20. The van der Waals surface area contributed by atoms with Crippen LogP contribution in [0.4, 0.5) is 4.39 Å². The van der Waals surface area contributed by atoms with Crippen molar-refractivity contribution in [2.75, 3.05) is 6.54 Å². The van der Waals surface area contributed by atoms with Crippen LogP contribution < -0.4 is 5.32 Å². The van der Waals surface area contributed by atoms with Crippen LogP contribution >= 0.6 is 27.3 Å². The summed E-state index contributed by atoms with van der Waals surface area (Å²) in [6.07, 6.45) is 3.46. The zero-order valence-corrected chi connectivity index (χ0v) is 12.6. The Kier molecular flexibility index (Phi) is 3.91. The molecule has 0 bridgehead atoms. The van der Waals surface area contributed by atoms with Gasteiger partial charge in [0.05, 0.1) is 4.47 Å². The number of rotatable bonds is 5. The van der Waals surface area contributed by atoms with Crippen LogP contribution in [-0.4, -0.2) is 22.8 Å². The second-order valence-electron chi connectivity index (χ2n) is 4.61. The Morgan fingerprint density at radius 2 is 2.21 bits per heavy atom. The largest absolute Gasteiger partial charge is 0.314 e. The summed E-state index contributed by atoms with van der Waals surface area (Å²) < 4.78 is 13.9. The van der Waals surface area contributed by atoms with Crippen molar-refractivity contribution in [2.45, 2.75) is 25.3 Å². The third-order valence-corrected chi connectivity index (χ3v) is 4.66. The Labute approximate surface area is 123 Å². The summed E-state index contributed by atoms with van der Waals surface area (Å²) in [5.74, 6) is -0.273. The van der Waals surface area contributed by atoms with E-state index in [0.717, 1.165) is 28.5 Å². The van der Waals surface area contributed by atoms with Gasteiger partial charge in [-0.3, -0.25) is 0 Å². The molecular weight excluding hydrogens is 329 g/mol. The lowest BCUT2D eigenvalue weighted by Gasteiger charge is -1.98. The molecule has 3 nitrogen and oxygen atoms in total. The first-order valence-electron chi connectivity index (χ1n) is 6.23. The van der Waals surface area contributed by atoms with Crippen LogP contribution in [0.25, 0.3) is 10.6 Å². The summed E-state index contributed by atoms with van der Waals surface area (Å²) >= 11 is 4.67. The van der Waals surface area contributed by atoms with Crippen LogP contribution in [0.5, 0.6) is 0 Å². The van der Waals surface area contributed by atoms with Crippen LogP contribution in [0.15, 0.2) is 22.7 Å². The van der Waals surface area contributed by atoms with Gasteiger partial charge in [-0.05, 0) is 40.9 Å². The molecule has 1 heterocycles. The summed E-state index contributed by atoms with van der Waals surface area (Å²) in [6.45, 7) is 0.938. The van der Waals surface area contributed by atoms with Gasteiger partial charge in [0.2, 0.25) is 0 Å². The zero-order chi connectivity index (χ0) is 13.2. The van der Waals surface area contributed by atoms with Gasteiger partial charge in [-0.1, -0.05) is 17.4 Å². The van der Waals surface area contributed by atoms with Crippen LogP contribution in [0.1, 0.15) is 17.8 Å². The van der Waals surface area contributed by atoms with Crippen LogP contribution in [-0.2, 0) is 6.42 Å². The normalized spacial score (nSPS) is 14.8. The van der Waals surface area contributed by atoms with Gasteiger partial charge < -0.3 is 5.32 Å². The molecule has 0 unspecified atom stereocenters. The van der Waals surface area contributed by atoms with Gasteiger partial charge in [-0.25, -0.2) is 4.39 Å². The topological polar surface area (TPSA) is 37.8 Å². The lowest BCUT2D eigenvalue weighted by atomic mass is 10.2. The van der Waals surface area contributed by atoms with Crippen LogP contribution in [0.3, 0.4) is 0 Å². The molecule has 1 aliphatic carbocycles. The van der Waals surface area contributed by atoms with E-state index in [1.807, 2.05) is 6.07 Å². The van der Waals surface area contributed by atoms with Crippen molar-refractivity contribution in [3.63, 3.8) is 0 Å². The average molecular weight is 342 g/mol. The molecule has 1 N–H and O–H groups in total. The van der Waals surface area contributed by atoms with Gasteiger partial charge >= 0.3 is 0 Å². The summed E-state index contributed by atoms with van der Waals surface area (Å²) in [7, 11) is 0. The first-order chi connectivity index (χ1) is 9.22. The molecule has 0 radical (unpaired) electrons. The fourth-order valence-corrected chi connectivity index (χ4v) is 2.85. The molecule has 6 heteroatoms. The third-order valence-electron chi connectivity index (χ3n) is 2.98. The van der Waals surface area contributed by atoms with Gasteiger partial charge in [-0.15, -0.1) is 10.2 Å². The second kappa shape index (κ2) is 5.64.